The Kier molecular flexibility index (Phi) is 3.55. The van der Waals surface area contributed by atoms with Crippen LogP contribution in [0.5, 0.6) is 0 Å². The quantitative estimate of drug-likeness (QED) is 0.488. The molecule has 3 aromatic heterocycles. The van der Waals surface area contributed by atoms with Crippen LogP contribution in [0.15, 0.2) is 65.8 Å². The fourth-order valence-electron chi connectivity index (χ4n) is 2.66. The van der Waals surface area contributed by atoms with Gasteiger partial charge in [-0.25, -0.2) is 4.98 Å². The molecule has 0 aliphatic carbocycles. The topological polar surface area (TPSA) is 73.6 Å². The summed E-state index contributed by atoms with van der Waals surface area (Å²) >= 11 is 6.07. The van der Waals surface area contributed by atoms with Gasteiger partial charge in [0.15, 0.2) is 0 Å². The van der Waals surface area contributed by atoms with Gasteiger partial charge in [0.2, 0.25) is 0 Å². The molecule has 0 aliphatic heterocycles. The fraction of sp³-hybridized carbons (Fsp3) is 0. The molecule has 4 aromatic rings. The average Bonchev–Trinajstić information content (AvgIpc) is 3.09. The van der Waals surface area contributed by atoms with Gasteiger partial charge in [-0.05, 0) is 46.8 Å². The standard InChI is InChI=1S/C18H13ClN4O/c19-15-9-12-6-8-21-18(24)16(12)17(23-15)22-14-3-1-11(2-4-14)13-5-7-20-10-13/h1-10,20H,(H,21,24)(H,22,23). The number of nitrogens with one attached hydrogen (secondary N) is 3. The predicted octanol–water partition coefficient (Wildman–Crippen LogP) is 4.32. The summed E-state index contributed by atoms with van der Waals surface area (Å²) in [6.45, 7) is 0. The summed E-state index contributed by atoms with van der Waals surface area (Å²) in [4.78, 5) is 22.1. The number of hydrogen-bond acceptors (Lipinski definition) is 3. The number of fused-ring (bicyclic) bond motifs is 1. The number of H-pyrrole nitrogens is 2. The summed E-state index contributed by atoms with van der Waals surface area (Å²) in [7, 11) is 0. The van der Waals surface area contributed by atoms with E-state index in [2.05, 4.69) is 20.3 Å². The van der Waals surface area contributed by atoms with Crippen molar-refractivity contribution in [2.75, 3.05) is 5.32 Å². The Bertz CT molecular complexity index is 1050. The highest BCUT2D eigenvalue weighted by Crippen LogP contribution is 2.26. The number of pyridine rings is 2. The molecule has 118 valence electrons. The van der Waals surface area contributed by atoms with Gasteiger partial charge in [-0.1, -0.05) is 23.7 Å². The lowest BCUT2D eigenvalue weighted by Gasteiger charge is -2.09. The predicted molar refractivity (Wildman–Crippen MR) is 96.9 cm³/mol. The Morgan fingerprint density at radius 3 is 2.58 bits per heavy atom. The van der Waals surface area contributed by atoms with Crippen molar-refractivity contribution in [3.63, 3.8) is 0 Å². The van der Waals surface area contributed by atoms with E-state index in [0.717, 1.165) is 22.2 Å². The molecule has 4 rings (SSSR count). The van der Waals surface area contributed by atoms with Crippen molar-refractivity contribution in [1.82, 2.24) is 15.0 Å². The highest BCUT2D eigenvalue weighted by Gasteiger charge is 2.09. The lowest BCUT2D eigenvalue weighted by atomic mass is 10.1. The van der Waals surface area contributed by atoms with Crippen LogP contribution in [-0.2, 0) is 0 Å². The van der Waals surface area contributed by atoms with Gasteiger partial charge in [-0.2, -0.15) is 0 Å². The van der Waals surface area contributed by atoms with Crippen molar-refractivity contribution in [3.05, 3.63) is 76.6 Å². The number of hydrogen-bond donors (Lipinski definition) is 3. The highest BCUT2D eigenvalue weighted by atomic mass is 35.5. The maximum atomic E-state index is 12.1. The van der Waals surface area contributed by atoms with E-state index < -0.39 is 0 Å². The van der Waals surface area contributed by atoms with Gasteiger partial charge in [0.05, 0.1) is 5.39 Å². The van der Waals surface area contributed by atoms with E-state index in [1.807, 2.05) is 42.7 Å². The van der Waals surface area contributed by atoms with Gasteiger partial charge >= 0.3 is 0 Å². The zero-order valence-electron chi connectivity index (χ0n) is 12.5. The smallest absolute Gasteiger partial charge is 0.259 e. The number of nitrogens with zero attached hydrogens (tertiary/aromatic N) is 1. The molecule has 5 nitrogen and oxygen atoms in total. The Balaban J connectivity index is 1.73. The molecule has 0 amide bonds. The van der Waals surface area contributed by atoms with Crippen LogP contribution in [0, 0.1) is 0 Å². The molecule has 0 fully saturated rings. The van der Waals surface area contributed by atoms with Crippen LogP contribution in [0.1, 0.15) is 0 Å². The van der Waals surface area contributed by atoms with Crippen molar-refractivity contribution in [2.24, 2.45) is 0 Å². The minimum atomic E-state index is -0.205. The van der Waals surface area contributed by atoms with Crippen LogP contribution in [0.3, 0.4) is 0 Å². The number of benzene rings is 1. The number of aromatic amines is 2. The van der Waals surface area contributed by atoms with Gasteiger partial charge < -0.3 is 15.3 Å². The zero-order valence-corrected chi connectivity index (χ0v) is 13.3. The largest absolute Gasteiger partial charge is 0.367 e. The lowest BCUT2D eigenvalue weighted by molar-refractivity contribution is 1.25. The molecule has 6 heteroatoms. The normalized spacial score (nSPS) is 10.9. The van der Waals surface area contributed by atoms with Gasteiger partial charge in [-0.15, -0.1) is 0 Å². The van der Waals surface area contributed by atoms with Crippen molar-refractivity contribution < 1.29 is 0 Å². The molecular weight excluding hydrogens is 324 g/mol. The summed E-state index contributed by atoms with van der Waals surface area (Å²) in [5.74, 6) is 0.439. The minimum Gasteiger partial charge on any atom is -0.367 e. The molecule has 24 heavy (non-hydrogen) atoms. The Labute approximate surface area is 142 Å². The molecule has 0 saturated carbocycles. The van der Waals surface area contributed by atoms with Crippen LogP contribution >= 0.6 is 11.6 Å². The second-order valence-corrected chi connectivity index (χ2v) is 5.75. The van der Waals surface area contributed by atoms with Crippen LogP contribution < -0.4 is 10.9 Å². The summed E-state index contributed by atoms with van der Waals surface area (Å²) in [6, 6.07) is 13.4. The molecule has 0 atom stereocenters. The van der Waals surface area contributed by atoms with E-state index in [0.29, 0.717) is 16.4 Å². The van der Waals surface area contributed by atoms with E-state index in [9.17, 15) is 4.79 Å². The number of anilines is 2. The fourth-order valence-corrected chi connectivity index (χ4v) is 2.86. The Morgan fingerprint density at radius 1 is 1.00 bits per heavy atom. The van der Waals surface area contributed by atoms with E-state index in [1.165, 1.54) is 0 Å². The van der Waals surface area contributed by atoms with Crippen molar-refractivity contribution >= 4 is 33.9 Å². The van der Waals surface area contributed by atoms with E-state index in [-0.39, 0.29) is 5.56 Å². The van der Waals surface area contributed by atoms with E-state index >= 15 is 0 Å². The molecule has 0 unspecified atom stereocenters. The number of rotatable bonds is 3. The monoisotopic (exact) mass is 336 g/mol. The summed E-state index contributed by atoms with van der Waals surface area (Å²) < 4.78 is 0. The maximum absolute atomic E-state index is 12.1. The van der Waals surface area contributed by atoms with Gasteiger partial charge in [0.25, 0.3) is 5.56 Å². The molecule has 3 heterocycles. The molecule has 3 N–H and O–H groups in total. The second-order valence-electron chi connectivity index (χ2n) is 5.37. The van der Waals surface area contributed by atoms with Crippen LogP contribution in [-0.4, -0.2) is 15.0 Å². The van der Waals surface area contributed by atoms with Crippen molar-refractivity contribution in [1.29, 1.82) is 0 Å². The SMILES string of the molecule is O=c1[nH]ccc2cc(Cl)nc(Nc3ccc(-c4cc[nH]c4)cc3)c12. The van der Waals surface area contributed by atoms with Gasteiger partial charge in [0, 0.05) is 24.3 Å². The van der Waals surface area contributed by atoms with Gasteiger partial charge in [-0.3, -0.25) is 4.79 Å². The number of halogens is 1. The van der Waals surface area contributed by atoms with Gasteiger partial charge in [0.1, 0.15) is 11.0 Å². The average molecular weight is 337 g/mol. The molecule has 0 bridgehead atoms. The minimum absolute atomic E-state index is 0.205. The maximum Gasteiger partial charge on any atom is 0.259 e. The third-order valence-electron chi connectivity index (χ3n) is 3.80. The Morgan fingerprint density at radius 2 is 1.83 bits per heavy atom. The first kappa shape index (κ1) is 14.5. The van der Waals surface area contributed by atoms with E-state index in [4.69, 9.17) is 11.6 Å². The molecule has 0 aliphatic rings. The first-order valence-electron chi connectivity index (χ1n) is 7.39. The Hall–Kier alpha value is -3.05. The summed E-state index contributed by atoms with van der Waals surface area (Å²) in [6.07, 6.45) is 5.42. The summed E-state index contributed by atoms with van der Waals surface area (Å²) in [5, 5.41) is 4.73. The van der Waals surface area contributed by atoms with Crippen LogP contribution in [0.25, 0.3) is 21.9 Å². The molecule has 0 saturated heterocycles. The molecule has 0 spiro atoms. The number of aromatic nitrogens is 3. The van der Waals surface area contributed by atoms with Crippen molar-refractivity contribution in [3.8, 4) is 11.1 Å². The highest BCUT2D eigenvalue weighted by molar-refractivity contribution is 6.30. The molecule has 1 aromatic carbocycles. The van der Waals surface area contributed by atoms with E-state index in [1.54, 1.807) is 18.3 Å². The van der Waals surface area contributed by atoms with Crippen LogP contribution in [0.4, 0.5) is 11.5 Å². The summed E-state index contributed by atoms with van der Waals surface area (Å²) in [5.41, 5.74) is 2.84. The third-order valence-corrected chi connectivity index (χ3v) is 4.00. The zero-order chi connectivity index (χ0) is 16.5. The molecular formula is C18H13ClN4O. The third kappa shape index (κ3) is 2.66. The lowest BCUT2D eigenvalue weighted by Crippen LogP contribution is -2.08. The van der Waals surface area contributed by atoms with Crippen LogP contribution in [0.2, 0.25) is 5.15 Å². The first-order chi connectivity index (χ1) is 11.7. The second kappa shape index (κ2) is 5.86. The molecule has 0 radical (unpaired) electrons. The first-order valence-corrected chi connectivity index (χ1v) is 7.77. The van der Waals surface area contributed by atoms with Crippen molar-refractivity contribution in [2.45, 2.75) is 0 Å².